The fourth-order valence-corrected chi connectivity index (χ4v) is 2.63. The molecule has 1 aromatic rings. The Bertz CT molecular complexity index is 453. The zero-order valence-corrected chi connectivity index (χ0v) is 11.8. The number of thioether (sulfide) groups is 1. The summed E-state index contributed by atoms with van der Waals surface area (Å²) in [5.74, 6) is 0.907. The zero-order chi connectivity index (χ0) is 13.5. The van der Waals surface area contributed by atoms with Crippen molar-refractivity contribution in [3.8, 4) is 6.07 Å². The van der Waals surface area contributed by atoms with Gasteiger partial charge in [0, 0.05) is 24.4 Å². The number of amides is 1. The third kappa shape index (κ3) is 3.51. The van der Waals surface area contributed by atoms with Gasteiger partial charge in [-0.25, -0.2) is 0 Å². The Labute approximate surface area is 113 Å². The van der Waals surface area contributed by atoms with Crippen LogP contribution in [0.4, 0.5) is 0 Å². The average molecular weight is 262 g/mol. The first-order valence-corrected chi connectivity index (χ1v) is 7.29. The van der Waals surface area contributed by atoms with Crippen LogP contribution in [0.5, 0.6) is 0 Å². The zero-order valence-electron chi connectivity index (χ0n) is 11.0. The van der Waals surface area contributed by atoms with Gasteiger partial charge in [0.15, 0.2) is 0 Å². The van der Waals surface area contributed by atoms with Gasteiger partial charge in [-0.2, -0.15) is 17.0 Å². The number of carbonyl (C=O) groups is 1. The van der Waals surface area contributed by atoms with Crippen LogP contribution in [0.15, 0.2) is 24.3 Å². The minimum Gasteiger partial charge on any atom is -0.338 e. The van der Waals surface area contributed by atoms with Crippen molar-refractivity contribution in [2.24, 2.45) is 0 Å². The number of carbonyl (C=O) groups excluding carboxylic acids is 1. The predicted octanol–water partition coefficient (Wildman–Crippen LogP) is 2.77. The van der Waals surface area contributed by atoms with Crippen molar-refractivity contribution >= 4 is 17.7 Å². The lowest BCUT2D eigenvalue weighted by atomic mass is 10.1. The lowest BCUT2D eigenvalue weighted by molar-refractivity contribution is 0.0743. The number of nitriles is 1. The summed E-state index contributed by atoms with van der Waals surface area (Å²) < 4.78 is 0. The Balaban J connectivity index is 2.88. The summed E-state index contributed by atoms with van der Waals surface area (Å²) in [4.78, 5) is 14.1. The van der Waals surface area contributed by atoms with Crippen LogP contribution >= 0.6 is 11.8 Å². The van der Waals surface area contributed by atoms with E-state index in [1.807, 2.05) is 13.3 Å². The predicted molar refractivity (Wildman–Crippen MR) is 75.7 cm³/mol. The first kappa shape index (κ1) is 14.6. The van der Waals surface area contributed by atoms with Gasteiger partial charge in [0.2, 0.25) is 0 Å². The standard InChI is InChI=1S/C14H18N2OS/c1-4-13(10-18-3)16(2)14(17)12-7-5-6-11(8-12)9-15/h5-8,13H,4,10H2,1-3H3. The van der Waals surface area contributed by atoms with Crippen molar-refractivity contribution in [2.75, 3.05) is 19.1 Å². The second-order valence-corrected chi connectivity index (χ2v) is 5.04. The molecule has 0 aromatic heterocycles. The lowest BCUT2D eigenvalue weighted by Crippen LogP contribution is -2.38. The molecular formula is C14H18N2OS. The highest BCUT2D eigenvalue weighted by Crippen LogP contribution is 2.13. The van der Waals surface area contributed by atoms with Crippen LogP contribution in [0.25, 0.3) is 0 Å². The smallest absolute Gasteiger partial charge is 0.253 e. The summed E-state index contributed by atoms with van der Waals surface area (Å²) in [5, 5.41) is 8.84. The largest absolute Gasteiger partial charge is 0.338 e. The number of rotatable bonds is 5. The molecule has 1 atom stereocenters. The van der Waals surface area contributed by atoms with Crippen LogP contribution < -0.4 is 0 Å². The second kappa shape index (κ2) is 7.07. The van der Waals surface area contributed by atoms with E-state index in [-0.39, 0.29) is 11.9 Å². The van der Waals surface area contributed by atoms with E-state index in [0.29, 0.717) is 11.1 Å². The molecule has 1 unspecified atom stereocenters. The second-order valence-electron chi connectivity index (χ2n) is 4.13. The molecule has 0 radical (unpaired) electrons. The number of benzene rings is 1. The SMILES string of the molecule is CCC(CSC)N(C)C(=O)c1cccc(C#N)c1. The van der Waals surface area contributed by atoms with Gasteiger partial charge < -0.3 is 4.90 Å². The van der Waals surface area contributed by atoms with E-state index in [1.165, 1.54) is 0 Å². The first-order chi connectivity index (χ1) is 8.63. The van der Waals surface area contributed by atoms with E-state index in [1.54, 1.807) is 40.9 Å². The number of hydrogen-bond donors (Lipinski definition) is 0. The van der Waals surface area contributed by atoms with Gasteiger partial charge in [0.1, 0.15) is 0 Å². The molecule has 1 rings (SSSR count). The highest BCUT2D eigenvalue weighted by molar-refractivity contribution is 7.98. The van der Waals surface area contributed by atoms with Crippen molar-refractivity contribution < 1.29 is 4.79 Å². The molecule has 0 N–H and O–H groups in total. The van der Waals surface area contributed by atoms with Gasteiger partial charge in [0.05, 0.1) is 11.6 Å². The van der Waals surface area contributed by atoms with Crippen molar-refractivity contribution in [1.29, 1.82) is 5.26 Å². The molecule has 0 bridgehead atoms. The number of hydrogen-bond acceptors (Lipinski definition) is 3. The topological polar surface area (TPSA) is 44.1 Å². The molecule has 0 aliphatic heterocycles. The maximum atomic E-state index is 12.3. The summed E-state index contributed by atoms with van der Waals surface area (Å²) >= 11 is 1.74. The van der Waals surface area contributed by atoms with Gasteiger partial charge in [-0.3, -0.25) is 4.79 Å². The monoisotopic (exact) mass is 262 g/mol. The van der Waals surface area contributed by atoms with E-state index in [9.17, 15) is 4.79 Å². The molecular weight excluding hydrogens is 244 g/mol. The minimum atomic E-state index is -0.0204. The van der Waals surface area contributed by atoms with E-state index in [2.05, 4.69) is 13.0 Å². The maximum Gasteiger partial charge on any atom is 0.253 e. The van der Waals surface area contributed by atoms with Gasteiger partial charge in [0.25, 0.3) is 5.91 Å². The molecule has 1 aromatic carbocycles. The van der Waals surface area contributed by atoms with Gasteiger partial charge in [-0.15, -0.1) is 0 Å². The molecule has 0 aliphatic carbocycles. The molecule has 3 nitrogen and oxygen atoms in total. The fourth-order valence-electron chi connectivity index (χ4n) is 1.79. The van der Waals surface area contributed by atoms with Crippen LogP contribution in [0.3, 0.4) is 0 Å². The van der Waals surface area contributed by atoms with Gasteiger partial charge in [-0.1, -0.05) is 13.0 Å². The lowest BCUT2D eigenvalue weighted by Gasteiger charge is -2.26. The van der Waals surface area contributed by atoms with Crippen molar-refractivity contribution in [3.05, 3.63) is 35.4 Å². The molecule has 18 heavy (non-hydrogen) atoms. The molecule has 0 aliphatic rings. The summed E-state index contributed by atoms with van der Waals surface area (Å²) in [6.45, 7) is 2.08. The highest BCUT2D eigenvalue weighted by Gasteiger charge is 2.19. The third-order valence-corrected chi connectivity index (χ3v) is 3.66. The quantitative estimate of drug-likeness (QED) is 0.819. The van der Waals surface area contributed by atoms with E-state index in [0.717, 1.165) is 12.2 Å². The normalized spacial score (nSPS) is 11.7. The Morgan fingerprint density at radius 2 is 2.28 bits per heavy atom. The molecule has 0 heterocycles. The molecule has 0 saturated heterocycles. The Kier molecular flexibility index (Phi) is 5.73. The van der Waals surface area contributed by atoms with Gasteiger partial charge in [-0.05, 0) is 30.9 Å². The van der Waals surface area contributed by atoms with E-state index >= 15 is 0 Å². The van der Waals surface area contributed by atoms with Crippen molar-refractivity contribution in [2.45, 2.75) is 19.4 Å². The van der Waals surface area contributed by atoms with Crippen LogP contribution in [-0.4, -0.2) is 35.9 Å². The molecule has 0 fully saturated rings. The average Bonchev–Trinajstić information content (AvgIpc) is 2.43. The minimum absolute atomic E-state index is 0.0204. The molecule has 4 heteroatoms. The molecule has 96 valence electrons. The molecule has 0 spiro atoms. The first-order valence-electron chi connectivity index (χ1n) is 5.90. The number of nitrogens with zero attached hydrogens (tertiary/aromatic N) is 2. The van der Waals surface area contributed by atoms with Crippen molar-refractivity contribution in [1.82, 2.24) is 4.90 Å². The highest BCUT2D eigenvalue weighted by atomic mass is 32.2. The van der Waals surface area contributed by atoms with Crippen LogP contribution in [-0.2, 0) is 0 Å². The summed E-state index contributed by atoms with van der Waals surface area (Å²) in [7, 11) is 1.83. The summed E-state index contributed by atoms with van der Waals surface area (Å²) in [5.41, 5.74) is 1.10. The van der Waals surface area contributed by atoms with E-state index < -0.39 is 0 Å². The Hall–Kier alpha value is -1.47. The third-order valence-electron chi connectivity index (χ3n) is 2.94. The van der Waals surface area contributed by atoms with E-state index in [4.69, 9.17) is 5.26 Å². The van der Waals surface area contributed by atoms with Crippen molar-refractivity contribution in [3.63, 3.8) is 0 Å². The van der Waals surface area contributed by atoms with Crippen LogP contribution in [0.2, 0.25) is 0 Å². The maximum absolute atomic E-state index is 12.3. The van der Waals surface area contributed by atoms with Gasteiger partial charge >= 0.3 is 0 Å². The molecule has 0 saturated carbocycles. The van der Waals surface area contributed by atoms with Crippen LogP contribution in [0, 0.1) is 11.3 Å². The fraction of sp³-hybridized carbons (Fsp3) is 0.429. The summed E-state index contributed by atoms with van der Waals surface area (Å²) in [6.07, 6.45) is 2.97. The summed E-state index contributed by atoms with van der Waals surface area (Å²) in [6, 6.07) is 9.14. The Morgan fingerprint density at radius 3 is 2.83 bits per heavy atom. The Morgan fingerprint density at radius 1 is 1.56 bits per heavy atom. The van der Waals surface area contributed by atoms with Crippen LogP contribution in [0.1, 0.15) is 29.3 Å². The molecule has 1 amide bonds.